The van der Waals surface area contributed by atoms with Crippen molar-refractivity contribution in [3.05, 3.63) is 0 Å². The van der Waals surface area contributed by atoms with Crippen LogP contribution in [0.4, 0.5) is 0 Å². The number of hydrogen-bond donors (Lipinski definition) is 1. The van der Waals surface area contributed by atoms with Gasteiger partial charge in [-0.05, 0) is 25.2 Å². The maximum Gasteiger partial charge on any atom is 0.0537 e. The Morgan fingerprint density at radius 2 is 2.22 bits per heavy atom. The van der Waals surface area contributed by atoms with Crippen molar-refractivity contribution < 1.29 is 5.11 Å². The number of rotatable bonds is 4. The van der Waals surface area contributed by atoms with Crippen LogP contribution in [0.1, 0.15) is 39.0 Å². The minimum Gasteiger partial charge on any atom is -0.393 e. The lowest BCUT2D eigenvalue weighted by Gasteiger charge is -2.04. The largest absolute Gasteiger partial charge is 0.393 e. The molecule has 0 aromatic heterocycles. The molecule has 0 radical (unpaired) electrons. The van der Waals surface area contributed by atoms with Crippen LogP contribution < -0.4 is 0 Å². The first-order valence-electron chi connectivity index (χ1n) is 4.01. The van der Waals surface area contributed by atoms with Crippen LogP contribution in [0.5, 0.6) is 0 Å². The second-order valence-electron chi connectivity index (χ2n) is 3.08. The quantitative estimate of drug-likeness (QED) is 0.613. The van der Waals surface area contributed by atoms with E-state index in [1.807, 2.05) is 6.92 Å². The van der Waals surface area contributed by atoms with E-state index in [-0.39, 0.29) is 6.10 Å². The van der Waals surface area contributed by atoms with Crippen molar-refractivity contribution >= 4 is 0 Å². The second kappa shape index (κ2) is 3.21. The van der Waals surface area contributed by atoms with E-state index in [2.05, 4.69) is 0 Å². The van der Waals surface area contributed by atoms with Crippen molar-refractivity contribution in [2.24, 2.45) is 5.92 Å². The first kappa shape index (κ1) is 7.07. The summed E-state index contributed by atoms with van der Waals surface area (Å²) < 4.78 is 0. The van der Waals surface area contributed by atoms with Gasteiger partial charge in [-0.1, -0.05) is 19.8 Å². The van der Waals surface area contributed by atoms with E-state index >= 15 is 0 Å². The molecule has 1 heteroatoms. The third-order valence-electron chi connectivity index (χ3n) is 2.08. The first-order chi connectivity index (χ1) is 4.33. The standard InChI is InChI=1S/C8H16O/c1-2-8(9)6-5-7-3-4-7/h7-9H,2-6H2,1H3. The highest BCUT2D eigenvalue weighted by Crippen LogP contribution is 2.33. The zero-order chi connectivity index (χ0) is 6.69. The molecule has 9 heavy (non-hydrogen) atoms. The Morgan fingerprint density at radius 3 is 2.67 bits per heavy atom. The van der Waals surface area contributed by atoms with Crippen molar-refractivity contribution in [2.75, 3.05) is 0 Å². The molecule has 0 aromatic rings. The van der Waals surface area contributed by atoms with Gasteiger partial charge in [-0.2, -0.15) is 0 Å². The lowest BCUT2D eigenvalue weighted by Crippen LogP contribution is -2.03. The fraction of sp³-hybridized carbons (Fsp3) is 1.00. The Bertz CT molecular complexity index is 76.6. The summed E-state index contributed by atoms with van der Waals surface area (Å²) >= 11 is 0. The van der Waals surface area contributed by atoms with Crippen molar-refractivity contribution in [3.8, 4) is 0 Å². The fourth-order valence-corrected chi connectivity index (χ4v) is 1.04. The van der Waals surface area contributed by atoms with E-state index in [9.17, 15) is 0 Å². The third-order valence-corrected chi connectivity index (χ3v) is 2.08. The SMILES string of the molecule is CCC(O)CCC1CC1. The molecule has 0 aromatic carbocycles. The van der Waals surface area contributed by atoms with Crippen molar-refractivity contribution in [2.45, 2.75) is 45.1 Å². The van der Waals surface area contributed by atoms with Crippen LogP contribution in [-0.4, -0.2) is 11.2 Å². The zero-order valence-corrected chi connectivity index (χ0v) is 6.14. The minimum absolute atomic E-state index is 0.0226. The Kier molecular flexibility index (Phi) is 2.52. The van der Waals surface area contributed by atoms with Gasteiger partial charge in [0.15, 0.2) is 0 Å². The van der Waals surface area contributed by atoms with Gasteiger partial charge in [0.05, 0.1) is 6.10 Å². The van der Waals surface area contributed by atoms with Gasteiger partial charge in [0.1, 0.15) is 0 Å². The fourth-order valence-electron chi connectivity index (χ4n) is 1.04. The number of aliphatic hydroxyl groups excluding tert-OH is 1. The average Bonchev–Trinajstić information content (AvgIpc) is 2.65. The van der Waals surface area contributed by atoms with Crippen LogP contribution in [0.25, 0.3) is 0 Å². The normalized spacial score (nSPS) is 22.0. The molecule has 0 amide bonds. The van der Waals surface area contributed by atoms with E-state index in [4.69, 9.17) is 5.11 Å². The third kappa shape index (κ3) is 2.85. The van der Waals surface area contributed by atoms with Crippen molar-refractivity contribution in [1.29, 1.82) is 0 Å². The van der Waals surface area contributed by atoms with E-state index < -0.39 is 0 Å². The molecule has 1 saturated carbocycles. The second-order valence-corrected chi connectivity index (χ2v) is 3.08. The Balaban J connectivity index is 1.90. The number of aliphatic hydroxyl groups is 1. The topological polar surface area (TPSA) is 20.2 Å². The molecule has 1 aliphatic carbocycles. The molecule has 1 atom stereocenters. The van der Waals surface area contributed by atoms with Crippen LogP contribution in [0.2, 0.25) is 0 Å². The van der Waals surface area contributed by atoms with Gasteiger partial charge in [0.2, 0.25) is 0 Å². The van der Waals surface area contributed by atoms with Gasteiger partial charge in [-0.3, -0.25) is 0 Å². The first-order valence-corrected chi connectivity index (χ1v) is 4.01. The molecule has 1 nitrogen and oxygen atoms in total. The summed E-state index contributed by atoms with van der Waals surface area (Å²) in [6, 6.07) is 0. The predicted molar refractivity (Wildman–Crippen MR) is 38.3 cm³/mol. The highest BCUT2D eigenvalue weighted by molar-refractivity contribution is 4.73. The van der Waals surface area contributed by atoms with Gasteiger partial charge in [0, 0.05) is 0 Å². The molecule has 1 fully saturated rings. The number of hydrogen-bond acceptors (Lipinski definition) is 1. The Morgan fingerprint density at radius 1 is 1.56 bits per heavy atom. The van der Waals surface area contributed by atoms with Crippen molar-refractivity contribution in [3.63, 3.8) is 0 Å². The van der Waals surface area contributed by atoms with Crippen LogP contribution >= 0.6 is 0 Å². The summed E-state index contributed by atoms with van der Waals surface area (Å²) in [6.07, 6.45) is 6.01. The smallest absolute Gasteiger partial charge is 0.0537 e. The summed E-state index contributed by atoms with van der Waals surface area (Å²) in [7, 11) is 0. The minimum atomic E-state index is -0.0226. The van der Waals surface area contributed by atoms with Gasteiger partial charge in [-0.15, -0.1) is 0 Å². The molecule has 1 N–H and O–H groups in total. The molecule has 1 aliphatic rings. The van der Waals surface area contributed by atoms with E-state index in [0.717, 1.165) is 18.8 Å². The maximum absolute atomic E-state index is 9.13. The summed E-state index contributed by atoms with van der Waals surface area (Å²) in [5.41, 5.74) is 0. The van der Waals surface area contributed by atoms with Crippen LogP contribution in [0.3, 0.4) is 0 Å². The summed E-state index contributed by atoms with van der Waals surface area (Å²) in [5.74, 6) is 0.978. The molecular formula is C8H16O. The molecule has 1 unspecified atom stereocenters. The molecule has 1 rings (SSSR count). The average molecular weight is 128 g/mol. The monoisotopic (exact) mass is 128 g/mol. The summed E-state index contributed by atoms with van der Waals surface area (Å²) in [6.45, 7) is 2.04. The lowest BCUT2D eigenvalue weighted by atomic mass is 10.1. The van der Waals surface area contributed by atoms with Gasteiger partial charge in [-0.25, -0.2) is 0 Å². The van der Waals surface area contributed by atoms with Crippen molar-refractivity contribution in [1.82, 2.24) is 0 Å². The van der Waals surface area contributed by atoms with E-state index in [1.54, 1.807) is 0 Å². The molecule has 0 spiro atoms. The summed E-state index contributed by atoms with van der Waals surface area (Å²) in [5, 5.41) is 9.13. The van der Waals surface area contributed by atoms with E-state index in [0.29, 0.717) is 0 Å². The Labute approximate surface area is 57.1 Å². The van der Waals surface area contributed by atoms with Gasteiger partial charge < -0.3 is 5.11 Å². The van der Waals surface area contributed by atoms with Crippen LogP contribution in [0, 0.1) is 5.92 Å². The predicted octanol–water partition coefficient (Wildman–Crippen LogP) is 1.95. The summed E-state index contributed by atoms with van der Waals surface area (Å²) in [4.78, 5) is 0. The highest BCUT2D eigenvalue weighted by Gasteiger charge is 2.21. The molecular weight excluding hydrogens is 112 g/mol. The maximum atomic E-state index is 9.13. The van der Waals surface area contributed by atoms with E-state index in [1.165, 1.54) is 19.3 Å². The van der Waals surface area contributed by atoms with Gasteiger partial charge in [0.25, 0.3) is 0 Å². The molecule has 0 saturated heterocycles. The molecule has 0 bridgehead atoms. The highest BCUT2D eigenvalue weighted by atomic mass is 16.3. The van der Waals surface area contributed by atoms with Crippen LogP contribution in [-0.2, 0) is 0 Å². The van der Waals surface area contributed by atoms with Crippen LogP contribution in [0.15, 0.2) is 0 Å². The molecule has 0 heterocycles. The van der Waals surface area contributed by atoms with Gasteiger partial charge >= 0.3 is 0 Å². The lowest BCUT2D eigenvalue weighted by molar-refractivity contribution is 0.155. The zero-order valence-electron chi connectivity index (χ0n) is 6.14. The Hall–Kier alpha value is -0.0400. The molecule has 0 aliphatic heterocycles. The molecule has 54 valence electrons.